The van der Waals surface area contributed by atoms with Crippen molar-refractivity contribution in [2.45, 2.75) is 31.2 Å². The smallest absolute Gasteiger partial charge is 0.407 e. The number of aliphatic carboxylic acids is 1. The van der Waals surface area contributed by atoms with Crippen LogP contribution in [0.2, 0.25) is 0 Å². The van der Waals surface area contributed by atoms with Gasteiger partial charge in [-0.2, -0.15) is 0 Å². The van der Waals surface area contributed by atoms with E-state index in [9.17, 15) is 19.5 Å². The number of carbonyl (C=O) groups excluding carboxylic acids is 2. The number of hydrogen-bond donors (Lipinski definition) is 3. The van der Waals surface area contributed by atoms with Crippen LogP contribution >= 0.6 is 0 Å². The predicted molar refractivity (Wildman–Crippen MR) is 126 cm³/mol. The van der Waals surface area contributed by atoms with Crippen LogP contribution in [0.4, 0.5) is 4.79 Å². The first-order chi connectivity index (χ1) is 16.5. The number of allylic oxidation sites excluding steroid dienone is 1. The van der Waals surface area contributed by atoms with Gasteiger partial charge >= 0.3 is 12.1 Å². The first-order valence-corrected chi connectivity index (χ1v) is 11.8. The van der Waals surface area contributed by atoms with Crippen LogP contribution in [0.15, 0.2) is 60.7 Å². The molecule has 0 unspecified atom stereocenters. The Kier molecular flexibility index (Phi) is 6.09. The van der Waals surface area contributed by atoms with Gasteiger partial charge in [-0.15, -0.1) is 0 Å². The Hall–Kier alpha value is -3.61. The number of carboxylic acid groups (broad SMARTS) is 1. The minimum Gasteiger partial charge on any atom is -0.481 e. The number of fused-ring (bicyclic) bond motifs is 3. The van der Waals surface area contributed by atoms with Crippen molar-refractivity contribution in [2.75, 3.05) is 13.2 Å². The maximum Gasteiger partial charge on any atom is 0.407 e. The van der Waals surface area contributed by atoms with E-state index in [1.807, 2.05) is 36.4 Å². The van der Waals surface area contributed by atoms with Crippen molar-refractivity contribution in [3.8, 4) is 11.1 Å². The van der Waals surface area contributed by atoms with Crippen LogP contribution in [0.1, 0.15) is 36.3 Å². The summed E-state index contributed by atoms with van der Waals surface area (Å²) < 4.78 is 5.55. The summed E-state index contributed by atoms with van der Waals surface area (Å²) >= 11 is 0. The minimum atomic E-state index is -0.833. The normalized spacial score (nSPS) is 24.6. The number of alkyl carbamates (subject to hydrolysis) is 1. The first-order valence-electron chi connectivity index (χ1n) is 11.8. The van der Waals surface area contributed by atoms with Gasteiger partial charge in [-0.1, -0.05) is 60.7 Å². The summed E-state index contributed by atoms with van der Waals surface area (Å²) in [6.07, 6.45) is 4.81. The summed E-state index contributed by atoms with van der Waals surface area (Å²) in [5.74, 6) is -1.45. The Labute approximate surface area is 198 Å². The fraction of sp³-hybridized carbons (Fsp3) is 0.370. The monoisotopic (exact) mass is 460 g/mol. The molecule has 34 heavy (non-hydrogen) atoms. The number of amides is 2. The van der Waals surface area contributed by atoms with Crippen LogP contribution in [0.5, 0.6) is 0 Å². The molecule has 0 spiro atoms. The van der Waals surface area contributed by atoms with Crippen LogP contribution in [-0.4, -0.2) is 42.3 Å². The highest BCUT2D eigenvalue weighted by Crippen LogP contribution is 2.44. The molecule has 0 radical (unpaired) electrons. The SMILES string of the molecule is O=C(NC[C@@H]1C[C@@H]1C(=O)N[C@@H]1C=CC[C@@H](C(=O)O)C1)OCC1c2ccccc2-c2ccccc21. The highest BCUT2D eigenvalue weighted by molar-refractivity contribution is 5.82. The molecule has 7 heteroatoms. The largest absolute Gasteiger partial charge is 0.481 e. The standard InChI is InChI=1S/C27H28N2O5/c30-25(29-18-7-5-6-16(12-18)26(31)32)23-13-17(23)14-28-27(33)34-15-24-21-10-3-1-8-19(21)20-9-2-4-11-22(20)24/h1-5,7-11,16-18,23-24H,6,12-15H2,(H,28,33)(H,29,30)(H,31,32)/t16-,17+,18-,23+/m1/s1. The highest BCUT2D eigenvalue weighted by Gasteiger charge is 2.43. The maximum atomic E-state index is 12.5. The van der Waals surface area contributed by atoms with Crippen LogP contribution in [-0.2, 0) is 14.3 Å². The summed E-state index contributed by atoms with van der Waals surface area (Å²) in [5, 5.41) is 14.9. The molecule has 1 fully saturated rings. The van der Waals surface area contributed by atoms with Crippen LogP contribution in [0.3, 0.4) is 0 Å². The zero-order valence-corrected chi connectivity index (χ0v) is 18.8. The molecule has 2 amide bonds. The molecule has 4 atom stereocenters. The molecule has 0 saturated heterocycles. The Morgan fingerprint density at radius 3 is 2.32 bits per heavy atom. The van der Waals surface area contributed by atoms with Gasteiger partial charge in [0.1, 0.15) is 6.61 Å². The first kappa shape index (κ1) is 22.2. The Morgan fingerprint density at radius 2 is 1.65 bits per heavy atom. The molecule has 0 heterocycles. The van der Waals surface area contributed by atoms with Crippen molar-refractivity contribution < 1.29 is 24.2 Å². The summed E-state index contributed by atoms with van der Waals surface area (Å²) in [7, 11) is 0. The van der Waals surface area contributed by atoms with Gasteiger partial charge in [0.2, 0.25) is 5.91 Å². The molecule has 0 aliphatic heterocycles. The lowest BCUT2D eigenvalue weighted by molar-refractivity contribution is -0.142. The quantitative estimate of drug-likeness (QED) is 0.547. The number of carbonyl (C=O) groups is 3. The summed E-state index contributed by atoms with van der Waals surface area (Å²) in [6, 6.07) is 16.1. The second-order valence-electron chi connectivity index (χ2n) is 9.36. The van der Waals surface area contributed by atoms with Gasteiger partial charge in [0.15, 0.2) is 0 Å². The van der Waals surface area contributed by atoms with Crippen LogP contribution < -0.4 is 10.6 Å². The number of rotatable bonds is 7. The third-order valence-corrected chi connectivity index (χ3v) is 7.12. The van der Waals surface area contributed by atoms with Gasteiger partial charge < -0.3 is 20.5 Å². The van der Waals surface area contributed by atoms with Crippen molar-refractivity contribution in [3.63, 3.8) is 0 Å². The lowest BCUT2D eigenvalue weighted by Crippen LogP contribution is -2.39. The minimum absolute atomic E-state index is 0.00998. The Balaban J connectivity index is 1.08. The number of ether oxygens (including phenoxy) is 1. The lowest BCUT2D eigenvalue weighted by Gasteiger charge is -2.22. The molecule has 1 saturated carbocycles. The van der Waals surface area contributed by atoms with Crippen molar-refractivity contribution in [1.82, 2.24) is 10.6 Å². The van der Waals surface area contributed by atoms with Gasteiger partial charge in [0.05, 0.1) is 5.92 Å². The average molecular weight is 461 g/mol. The predicted octanol–water partition coefficient (Wildman–Crippen LogP) is 3.70. The summed E-state index contributed by atoms with van der Waals surface area (Å²) in [6.45, 7) is 0.639. The van der Waals surface area contributed by atoms with E-state index in [2.05, 4.69) is 34.9 Å². The molecule has 2 aromatic rings. The molecule has 7 nitrogen and oxygen atoms in total. The second kappa shape index (κ2) is 9.33. The fourth-order valence-corrected chi connectivity index (χ4v) is 5.15. The molecular weight excluding hydrogens is 432 g/mol. The summed E-state index contributed by atoms with van der Waals surface area (Å²) in [5.41, 5.74) is 4.69. The van der Waals surface area contributed by atoms with Gasteiger partial charge in [0, 0.05) is 24.4 Å². The number of hydrogen-bond acceptors (Lipinski definition) is 4. The van der Waals surface area contributed by atoms with E-state index < -0.39 is 18.0 Å². The van der Waals surface area contributed by atoms with Gasteiger partial charge in [0.25, 0.3) is 0 Å². The molecule has 2 aromatic carbocycles. The number of nitrogens with one attached hydrogen (secondary N) is 2. The zero-order chi connectivity index (χ0) is 23.7. The zero-order valence-electron chi connectivity index (χ0n) is 18.8. The van der Waals surface area contributed by atoms with E-state index in [0.717, 1.165) is 11.1 Å². The van der Waals surface area contributed by atoms with Crippen LogP contribution in [0.25, 0.3) is 11.1 Å². The third kappa shape index (κ3) is 4.55. The molecule has 176 valence electrons. The highest BCUT2D eigenvalue weighted by atomic mass is 16.5. The second-order valence-corrected chi connectivity index (χ2v) is 9.36. The van der Waals surface area contributed by atoms with E-state index >= 15 is 0 Å². The molecule has 0 bridgehead atoms. The number of benzene rings is 2. The maximum absolute atomic E-state index is 12.5. The van der Waals surface area contributed by atoms with E-state index in [-0.39, 0.29) is 36.3 Å². The van der Waals surface area contributed by atoms with Gasteiger partial charge in [-0.25, -0.2) is 4.79 Å². The van der Waals surface area contributed by atoms with Gasteiger partial charge in [-0.3, -0.25) is 9.59 Å². The Bertz CT molecular complexity index is 1100. The van der Waals surface area contributed by atoms with E-state index in [1.165, 1.54) is 11.1 Å². The van der Waals surface area contributed by atoms with Crippen LogP contribution in [0, 0.1) is 17.8 Å². The van der Waals surface area contributed by atoms with E-state index in [0.29, 0.717) is 25.8 Å². The average Bonchev–Trinajstić information content (AvgIpc) is 3.57. The molecule has 3 aliphatic carbocycles. The molecule has 0 aromatic heterocycles. The topological polar surface area (TPSA) is 105 Å². The summed E-state index contributed by atoms with van der Waals surface area (Å²) in [4.78, 5) is 36.0. The van der Waals surface area contributed by atoms with Gasteiger partial charge in [-0.05, 0) is 47.4 Å². The third-order valence-electron chi connectivity index (χ3n) is 7.12. The lowest BCUT2D eigenvalue weighted by atomic mass is 9.91. The van der Waals surface area contributed by atoms with Crippen molar-refractivity contribution in [2.24, 2.45) is 17.8 Å². The van der Waals surface area contributed by atoms with E-state index in [1.54, 1.807) is 0 Å². The van der Waals surface area contributed by atoms with E-state index in [4.69, 9.17) is 4.74 Å². The molecule has 3 N–H and O–H groups in total. The fourth-order valence-electron chi connectivity index (χ4n) is 5.15. The van der Waals surface area contributed by atoms with Crippen molar-refractivity contribution in [1.29, 1.82) is 0 Å². The molecular formula is C27H28N2O5. The molecule has 5 rings (SSSR count). The Morgan fingerprint density at radius 1 is 0.971 bits per heavy atom. The van der Waals surface area contributed by atoms with Crippen molar-refractivity contribution in [3.05, 3.63) is 71.8 Å². The number of carboxylic acids is 1. The van der Waals surface area contributed by atoms with Crippen molar-refractivity contribution >= 4 is 18.0 Å². The molecule has 3 aliphatic rings.